The molecule has 2 heteroatoms. The van der Waals surface area contributed by atoms with Crippen molar-refractivity contribution in [3.8, 4) is 0 Å². The molecule has 1 heterocycles. The Hall–Kier alpha value is -1.44. The highest BCUT2D eigenvalue weighted by molar-refractivity contribution is 6.01. The molecule has 0 aliphatic heterocycles. The van der Waals surface area contributed by atoms with Crippen LogP contribution in [0.1, 0.15) is 47.8 Å². The molecule has 0 saturated carbocycles. The predicted octanol–water partition coefficient (Wildman–Crippen LogP) is 2.80. The van der Waals surface area contributed by atoms with Gasteiger partial charge in [-0.15, -0.1) is 0 Å². The van der Waals surface area contributed by atoms with Crippen LogP contribution in [0.15, 0.2) is 18.3 Å². The quantitative estimate of drug-likeness (QED) is 0.676. The number of Topliss-reactive ketones (excluding diaryl/α,β-unsaturated/α-hetero) is 1. The Balaban J connectivity index is 2.63. The molecule has 14 heavy (non-hydrogen) atoms. The topological polar surface area (TPSA) is 30.0 Å². The molecule has 1 aromatic rings. The first kappa shape index (κ1) is 9.13. The van der Waals surface area contributed by atoms with Gasteiger partial charge in [0.05, 0.1) is 0 Å². The number of carbonyl (C=O) groups is 1. The number of hydrogen-bond donors (Lipinski definition) is 0. The maximum absolute atomic E-state index is 11.5. The summed E-state index contributed by atoms with van der Waals surface area (Å²) in [7, 11) is 0. The lowest BCUT2D eigenvalue weighted by molar-refractivity contribution is 0.0989. The van der Waals surface area contributed by atoms with Crippen LogP contribution in [0.25, 0.3) is 6.08 Å². The van der Waals surface area contributed by atoms with Crippen molar-refractivity contribution in [2.75, 3.05) is 0 Å². The van der Waals surface area contributed by atoms with E-state index in [9.17, 15) is 4.79 Å². The van der Waals surface area contributed by atoms with Crippen molar-refractivity contribution < 1.29 is 4.79 Å². The van der Waals surface area contributed by atoms with Crippen LogP contribution in [0.2, 0.25) is 0 Å². The summed E-state index contributed by atoms with van der Waals surface area (Å²) in [5.41, 5.74) is 2.86. The zero-order valence-corrected chi connectivity index (χ0v) is 8.45. The van der Waals surface area contributed by atoms with E-state index in [2.05, 4.69) is 18.8 Å². The van der Waals surface area contributed by atoms with E-state index >= 15 is 0 Å². The second-order valence-electron chi connectivity index (χ2n) is 3.85. The number of allylic oxidation sites excluding steroid dienone is 1. The van der Waals surface area contributed by atoms with Crippen LogP contribution < -0.4 is 0 Å². The first-order chi connectivity index (χ1) is 6.70. The van der Waals surface area contributed by atoms with E-state index in [4.69, 9.17) is 0 Å². The number of rotatable bonds is 1. The third-order valence-electron chi connectivity index (χ3n) is 2.50. The summed E-state index contributed by atoms with van der Waals surface area (Å²) in [6.07, 6.45) is 6.14. The van der Waals surface area contributed by atoms with Crippen molar-refractivity contribution in [2.45, 2.75) is 26.2 Å². The van der Waals surface area contributed by atoms with Crippen molar-refractivity contribution in [3.63, 3.8) is 0 Å². The van der Waals surface area contributed by atoms with Crippen molar-refractivity contribution >= 4 is 11.9 Å². The largest absolute Gasteiger partial charge is 0.292 e. The van der Waals surface area contributed by atoms with E-state index in [-0.39, 0.29) is 5.78 Å². The molecule has 0 aromatic carbocycles. The Bertz CT molecular complexity index is 405. The van der Waals surface area contributed by atoms with Crippen LogP contribution in [0, 0.1) is 0 Å². The molecular weight excluding hydrogens is 174 g/mol. The predicted molar refractivity (Wildman–Crippen MR) is 56.3 cm³/mol. The van der Waals surface area contributed by atoms with Gasteiger partial charge >= 0.3 is 0 Å². The average molecular weight is 187 g/mol. The van der Waals surface area contributed by atoms with E-state index in [0.29, 0.717) is 18.0 Å². The maximum atomic E-state index is 11.5. The van der Waals surface area contributed by atoms with E-state index in [1.54, 1.807) is 6.20 Å². The Labute approximate surface area is 83.7 Å². The smallest absolute Gasteiger partial charge is 0.185 e. The zero-order valence-electron chi connectivity index (χ0n) is 8.45. The number of hydrogen-bond acceptors (Lipinski definition) is 2. The summed E-state index contributed by atoms with van der Waals surface area (Å²) in [5.74, 6) is 0.562. The molecule has 1 aliphatic rings. The Kier molecular flexibility index (Phi) is 2.20. The molecule has 0 atom stereocenters. The van der Waals surface area contributed by atoms with Crippen molar-refractivity contribution in [1.82, 2.24) is 4.98 Å². The van der Waals surface area contributed by atoms with Crippen LogP contribution in [-0.2, 0) is 0 Å². The van der Waals surface area contributed by atoms with Crippen LogP contribution in [-0.4, -0.2) is 10.8 Å². The minimum atomic E-state index is 0.130. The number of nitrogens with zero attached hydrogens (tertiary/aromatic N) is 1. The number of aromatic nitrogens is 1. The third kappa shape index (κ3) is 1.37. The van der Waals surface area contributed by atoms with Gasteiger partial charge in [0.25, 0.3) is 0 Å². The van der Waals surface area contributed by atoms with Crippen LogP contribution in [0.5, 0.6) is 0 Å². The number of ketones is 1. The third-order valence-corrected chi connectivity index (χ3v) is 2.50. The SMILES string of the molecule is CC(C)c1ccnc2c1C=CCC2=O. The molecule has 0 radical (unpaired) electrons. The van der Waals surface area contributed by atoms with Gasteiger partial charge in [0, 0.05) is 18.2 Å². The normalized spacial score (nSPS) is 14.6. The Morgan fingerprint density at radius 1 is 1.43 bits per heavy atom. The standard InChI is InChI=1S/C12H13NO/c1-8(2)9-6-7-13-12-10(9)4-3-5-11(12)14/h3-4,6-8H,5H2,1-2H3. The lowest BCUT2D eigenvalue weighted by Gasteiger charge is -2.15. The molecular formula is C12H13NO. The Morgan fingerprint density at radius 2 is 2.21 bits per heavy atom. The van der Waals surface area contributed by atoms with E-state index in [0.717, 1.165) is 5.56 Å². The summed E-state index contributed by atoms with van der Waals surface area (Å²) in [5, 5.41) is 0. The highest BCUT2D eigenvalue weighted by atomic mass is 16.1. The minimum Gasteiger partial charge on any atom is -0.292 e. The summed E-state index contributed by atoms with van der Waals surface area (Å²) in [6.45, 7) is 4.26. The molecule has 0 amide bonds. The van der Waals surface area contributed by atoms with Gasteiger partial charge in [-0.2, -0.15) is 0 Å². The summed E-state index contributed by atoms with van der Waals surface area (Å²) < 4.78 is 0. The van der Waals surface area contributed by atoms with Gasteiger partial charge in [-0.25, -0.2) is 0 Å². The van der Waals surface area contributed by atoms with Gasteiger partial charge in [0.1, 0.15) is 5.69 Å². The molecule has 72 valence electrons. The number of pyridine rings is 1. The second-order valence-corrected chi connectivity index (χ2v) is 3.85. The van der Waals surface area contributed by atoms with Gasteiger partial charge in [0.15, 0.2) is 5.78 Å². The number of fused-ring (bicyclic) bond motifs is 1. The molecule has 0 spiro atoms. The van der Waals surface area contributed by atoms with E-state index in [1.165, 1.54) is 5.56 Å². The van der Waals surface area contributed by atoms with Gasteiger partial charge in [0.2, 0.25) is 0 Å². The lowest BCUT2D eigenvalue weighted by Crippen LogP contribution is -2.09. The molecule has 2 rings (SSSR count). The van der Waals surface area contributed by atoms with Gasteiger partial charge in [-0.3, -0.25) is 9.78 Å². The molecule has 0 saturated heterocycles. The molecule has 0 unspecified atom stereocenters. The Morgan fingerprint density at radius 3 is 2.93 bits per heavy atom. The molecule has 0 fully saturated rings. The fourth-order valence-corrected chi connectivity index (χ4v) is 1.77. The van der Waals surface area contributed by atoms with Crippen LogP contribution >= 0.6 is 0 Å². The van der Waals surface area contributed by atoms with Crippen LogP contribution in [0.4, 0.5) is 0 Å². The molecule has 2 nitrogen and oxygen atoms in total. The first-order valence-corrected chi connectivity index (χ1v) is 4.89. The highest BCUT2D eigenvalue weighted by Gasteiger charge is 2.18. The summed E-state index contributed by atoms with van der Waals surface area (Å²) in [6, 6.07) is 1.99. The summed E-state index contributed by atoms with van der Waals surface area (Å²) >= 11 is 0. The van der Waals surface area contributed by atoms with Crippen molar-refractivity contribution in [3.05, 3.63) is 35.2 Å². The number of carbonyl (C=O) groups excluding carboxylic acids is 1. The highest BCUT2D eigenvalue weighted by Crippen LogP contribution is 2.26. The second kappa shape index (κ2) is 3.37. The van der Waals surface area contributed by atoms with Gasteiger partial charge in [-0.1, -0.05) is 26.0 Å². The van der Waals surface area contributed by atoms with Crippen LogP contribution in [0.3, 0.4) is 0 Å². The molecule has 1 aromatic heterocycles. The molecule has 0 bridgehead atoms. The molecule has 0 N–H and O–H groups in total. The lowest BCUT2D eigenvalue weighted by atomic mass is 9.92. The summed E-state index contributed by atoms with van der Waals surface area (Å²) in [4.78, 5) is 15.7. The monoisotopic (exact) mass is 187 g/mol. The zero-order chi connectivity index (χ0) is 10.1. The van der Waals surface area contributed by atoms with E-state index in [1.807, 2.05) is 18.2 Å². The van der Waals surface area contributed by atoms with Crippen molar-refractivity contribution in [2.24, 2.45) is 0 Å². The average Bonchev–Trinajstić information content (AvgIpc) is 2.17. The molecule has 1 aliphatic carbocycles. The van der Waals surface area contributed by atoms with E-state index < -0.39 is 0 Å². The van der Waals surface area contributed by atoms with Gasteiger partial charge < -0.3 is 0 Å². The fraction of sp³-hybridized carbons (Fsp3) is 0.333. The first-order valence-electron chi connectivity index (χ1n) is 4.89. The van der Waals surface area contributed by atoms with Gasteiger partial charge in [-0.05, 0) is 17.5 Å². The maximum Gasteiger partial charge on any atom is 0.185 e. The fourth-order valence-electron chi connectivity index (χ4n) is 1.77. The minimum absolute atomic E-state index is 0.130. The van der Waals surface area contributed by atoms with Crippen molar-refractivity contribution in [1.29, 1.82) is 0 Å².